The molecule has 0 aliphatic carbocycles. The number of hydrogen-bond acceptors (Lipinski definition) is 2. The van der Waals surface area contributed by atoms with E-state index in [4.69, 9.17) is 5.73 Å². The van der Waals surface area contributed by atoms with Gasteiger partial charge in [0.2, 0.25) is 0 Å². The average Bonchev–Trinajstić information content (AvgIpc) is 2.03. The van der Waals surface area contributed by atoms with Crippen LogP contribution >= 0.6 is 28.6 Å². The molecule has 0 aromatic heterocycles. The summed E-state index contributed by atoms with van der Waals surface area (Å²) in [6.45, 7) is 0. The summed E-state index contributed by atoms with van der Waals surface area (Å²) >= 11 is 7.28. The quantitative estimate of drug-likeness (QED) is 0.797. The second-order valence-corrected chi connectivity index (χ2v) is 3.75. The third kappa shape index (κ3) is 2.25. The van der Waals surface area contributed by atoms with Gasteiger partial charge in [-0.25, -0.2) is 0 Å². The molecule has 0 heterocycles. The van der Waals surface area contributed by atoms with Crippen molar-refractivity contribution in [2.24, 2.45) is 0 Å². The average molecular weight is 245 g/mol. The Labute approximate surface area is 84.7 Å². The number of amides is 1. The van der Waals surface area contributed by atoms with Crippen LogP contribution in [0.1, 0.15) is 10.8 Å². The molecule has 0 saturated heterocycles. The van der Waals surface area contributed by atoms with E-state index in [9.17, 15) is 4.79 Å². The fourth-order valence-electron chi connectivity index (χ4n) is 0.828. The summed E-state index contributed by atoms with van der Waals surface area (Å²) in [6.07, 6.45) is 0. The summed E-state index contributed by atoms with van der Waals surface area (Å²) in [5, 5.41) is -0.637. The van der Waals surface area contributed by atoms with E-state index in [2.05, 4.69) is 28.6 Å². The second-order valence-electron chi connectivity index (χ2n) is 2.32. The highest BCUT2D eigenvalue weighted by atomic mass is 79.9. The molecule has 0 aliphatic rings. The van der Waals surface area contributed by atoms with Crippen molar-refractivity contribution in [2.75, 3.05) is 0 Å². The Morgan fingerprint density at radius 1 is 1.58 bits per heavy atom. The molecule has 0 fully saturated rings. The first kappa shape index (κ1) is 9.61. The Bertz CT molecular complexity index is 303. The van der Waals surface area contributed by atoms with Gasteiger partial charge in [-0.15, -0.1) is 0 Å². The Morgan fingerprint density at radius 3 is 2.75 bits per heavy atom. The number of hydrogen-bond donors (Lipinski definition) is 1. The van der Waals surface area contributed by atoms with Gasteiger partial charge in [-0.1, -0.05) is 28.1 Å². The van der Waals surface area contributed by atoms with Gasteiger partial charge in [-0.2, -0.15) is 12.6 Å². The number of thiol groups is 1. The molecule has 0 bridgehead atoms. The molecule has 0 saturated carbocycles. The lowest BCUT2D eigenvalue weighted by Crippen LogP contribution is -2.06. The number of rotatable bonds is 2. The highest BCUT2D eigenvalue weighted by Gasteiger charge is 2.12. The lowest BCUT2D eigenvalue weighted by molar-refractivity contribution is -0.118. The molecule has 0 aliphatic heterocycles. The van der Waals surface area contributed by atoms with Crippen LogP contribution in [0.2, 0.25) is 0 Å². The van der Waals surface area contributed by atoms with Crippen LogP contribution in [0.15, 0.2) is 28.7 Å². The molecule has 1 rings (SSSR count). The summed E-state index contributed by atoms with van der Waals surface area (Å²) < 4.78 is 0.889. The highest BCUT2D eigenvalue weighted by molar-refractivity contribution is 9.10. The zero-order valence-electron chi connectivity index (χ0n) is 6.12. The normalized spacial score (nSPS) is 12.5. The number of carbonyl (C=O) groups excluding carboxylic acids is 1. The van der Waals surface area contributed by atoms with Crippen LogP contribution in [-0.2, 0) is 4.79 Å². The molecule has 1 N–H and O–H groups in total. The van der Waals surface area contributed by atoms with Crippen molar-refractivity contribution < 1.29 is 4.79 Å². The maximum Gasteiger partial charge on any atom is 0.255 e. The van der Waals surface area contributed by atoms with Crippen molar-refractivity contribution in [2.45, 2.75) is 5.25 Å². The van der Waals surface area contributed by atoms with Gasteiger partial charge in [0.25, 0.3) is 5.91 Å². The summed E-state index contributed by atoms with van der Waals surface area (Å²) in [6, 6.07) is 7.23. The first-order valence-electron chi connectivity index (χ1n) is 3.30. The minimum Gasteiger partial charge on any atom is -0.272 e. The molecule has 1 atom stereocenters. The van der Waals surface area contributed by atoms with Gasteiger partial charge in [-0.05, 0) is 17.7 Å². The van der Waals surface area contributed by atoms with Crippen LogP contribution in [0.4, 0.5) is 0 Å². The van der Waals surface area contributed by atoms with Gasteiger partial charge in [0.1, 0.15) is 5.25 Å². The van der Waals surface area contributed by atoms with Crippen LogP contribution < -0.4 is 5.73 Å². The van der Waals surface area contributed by atoms with Gasteiger partial charge in [-0.3, -0.25) is 10.5 Å². The van der Waals surface area contributed by atoms with E-state index in [1.165, 1.54) is 0 Å². The molecule has 4 heteroatoms. The lowest BCUT2D eigenvalue weighted by atomic mass is 10.1. The summed E-state index contributed by atoms with van der Waals surface area (Å²) in [4.78, 5) is 10.6. The molecular formula is C8H7BrNOS. The van der Waals surface area contributed by atoms with Crippen LogP contribution in [0, 0.1) is 0 Å². The van der Waals surface area contributed by atoms with Crippen LogP contribution in [0.3, 0.4) is 0 Å². The maximum absolute atomic E-state index is 10.6. The summed E-state index contributed by atoms with van der Waals surface area (Å²) in [5.41, 5.74) is 7.60. The minimum absolute atomic E-state index is 0.637. The number of carbonyl (C=O) groups is 1. The van der Waals surface area contributed by atoms with Crippen LogP contribution in [0.5, 0.6) is 0 Å². The standard InChI is InChI=1S/C8H7BrNOS/c9-6-3-1-2-5(4-6)7(12)8(10)11/h1-4,7,10,12H. The molecule has 1 aromatic carbocycles. The van der Waals surface area contributed by atoms with Gasteiger partial charge in [0.15, 0.2) is 0 Å². The minimum atomic E-state index is -0.684. The van der Waals surface area contributed by atoms with Crippen molar-refractivity contribution >= 4 is 34.5 Å². The number of halogens is 1. The van der Waals surface area contributed by atoms with E-state index in [1.54, 1.807) is 12.1 Å². The third-order valence-corrected chi connectivity index (χ3v) is 2.44. The Kier molecular flexibility index (Phi) is 3.17. The van der Waals surface area contributed by atoms with E-state index >= 15 is 0 Å². The molecule has 63 valence electrons. The first-order valence-corrected chi connectivity index (χ1v) is 4.61. The Balaban J connectivity index is 2.95. The predicted octanol–water partition coefficient (Wildman–Crippen LogP) is 2.23. The molecule has 2 nitrogen and oxygen atoms in total. The van der Waals surface area contributed by atoms with Crippen LogP contribution in [-0.4, -0.2) is 5.91 Å². The topological polar surface area (TPSA) is 40.9 Å². The molecule has 1 aromatic rings. The van der Waals surface area contributed by atoms with Gasteiger partial charge in [0, 0.05) is 4.47 Å². The molecule has 1 unspecified atom stereocenters. The second kappa shape index (κ2) is 3.96. The molecule has 1 radical (unpaired) electrons. The van der Waals surface area contributed by atoms with Crippen molar-refractivity contribution in [3.8, 4) is 0 Å². The van der Waals surface area contributed by atoms with E-state index in [1.807, 2.05) is 12.1 Å². The SMILES string of the molecule is [NH]C(=O)C(S)c1cccc(Br)c1. The smallest absolute Gasteiger partial charge is 0.255 e. The molecule has 12 heavy (non-hydrogen) atoms. The van der Waals surface area contributed by atoms with Crippen LogP contribution in [0.25, 0.3) is 0 Å². The van der Waals surface area contributed by atoms with Gasteiger partial charge >= 0.3 is 0 Å². The van der Waals surface area contributed by atoms with Crippen molar-refractivity contribution in [1.29, 1.82) is 0 Å². The van der Waals surface area contributed by atoms with Crippen molar-refractivity contribution in [3.63, 3.8) is 0 Å². The molecular weight excluding hydrogens is 238 g/mol. The summed E-state index contributed by atoms with van der Waals surface area (Å²) in [7, 11) is 0. The van der Waals surface area contributed by atoms with Gasteiger partial charge < -0.3 is 0 Å². The fraction of sp³-hybridized carbons (Fsp3) is 0.125. The number of benzene rings is 1. The molecule has 1 amide bonds. The Morgan fingerprint density at radius 2 is 2.25 bits per heavy atom. The van der Waals surface area contributed by atoms with E-state index in [-0.39, 0.29) is 0 Å². The third-order valence-electron chi connectivity index (χ3n) is 1.41. The van der Waals surface area contributed by atoms with E-state index < -0.39 is 11.2 Å². The van der Waals surface area contributed by atoms with E-state index in [0.717, 1.165) is 10.0 Å². The molecule has 0 spiro atoms. The monoisotopic (exact) mass is 244 g/mol. The zero-order chi connectivity index (χ0) is 9.14. The number of nitrogens with one attached hydrogen (secondary N) is 1. The van der Waals surface area contributed by atoms with Gasteiger partial charge in [0.05, 0.1) is 0 Å². The lowest BCUT2D eigenvalue weighted by Gasteiger charge is -2.05. The predicted molar refractivity (Wildman–Crippen MR) is 54.0 cm³/mol. The Hall–Kier alpha value is -0.480. The maximum atomic E-state index is 10.6. The first-order chi connectivity index (χ1) is 5.61. The van der Waals surface area contributed by atoms with E-state index in [0.29, 0.717) is 0 Å². The fourth-order valence-corrected chi connectivity index (χ4v) is 1.41. The van der Waals surface area contributed by atoms with Crippen molar-refractivity contribution in [1.82, 2.24) is 5.73 Å². The zero-order valence-corrected chi connectivity index (χ0v) is 8.60. The largest absolute Gasteiger partial charge is 0.272 e. The summed E-state index contributed by atoms with van der Waals surface area (Å²) in [5.74, 6) is -0.684. The highest BCUT2D eigenvalue weighted by Crippen LogP contribution is 2.22. The van der Waals surface area contributed by atoms with Crippen molar-refractivity contribution in [3.05, 3.63) is 34.3 Å².